The molecule has 11 heteroatoms. The molecule has 0 spiro atoms. The van der Waals surface area contributed by atoms with Crippen molar-refractivity contribution < 1.29 is 35.9 Å². The van der Waals surface area contributed by atoms with Crippen LogP contribution in [0.5, 0.6) is 0 Å². The van der Waals surface area contributed by atoms with Crippen molar-refractivity contribution in [2.75, 3.05) is 18.1 Å². The summed E-state index contributed by atoms with van der Waals surface area (Å²) in [6, 6.07) is 0.973. The van der Waals surface area contributed by atoms with E-state index in [1.165, 1.54) is 13.0 Å². The quantitative estimate of drug-likeness (QED) is 0.707. The minimum absolute atomic E-state index is 0.0381. The number of nitrogens with one attached hydrogen (secondary N) is 2. The van der Waals surface area contributed by atoms with E-state index in [-0.39, 0.29) is 23.7 Å². The molecule has 1 aromatic heterocycles. The summed E-state index contributed by atoms with van der Waals surface area (Å²) in [5.74, 6) is -0.672. The first-order valence-electron chi connectivity index (χ1n) is 7.54. The highest BCUT2D eigenvalue weighted by atomic mass is 32.2. The maximum absolute atomic E-state index is 13.2. The number of amides is 2. The number of hydrogen-bond acceptors (Lipinski definition) is 5. The van der Waals surface area contributed by atoms with Crippen LogP contribution in [0.25, 0.3) is 0 Å². The number of sulfone groups is 1. The molecule has 1 aromatic rings. The van der Waals surface area contributed by atoms with Crippen LogP contribution >= 0.6 is 0 Å². The number of aryl methyl sites for hydroxylation is 1. The fourth-order valence-electron chi connectivity index (χ4n) is 2.56. The summed E-state index contributed by atoms with van der Waals surface area (Å²) in [6.45, 7) is 0.961. The molecule has 2 amide bonds. The Labute approximate surface area is 142 Å². The van der Waals surface area contributed by atoms with E-state index in [4.69, 9.17) is 4.42 Å². The smallest absolute Gasteiger partial charge is 0.424 e. The van der Waals surface area contributed by atoms with Crippen molar-refractivity contribution in [3.8, 4) is 0 Å². The zero-order chi connectivity index (χ0) is 18.9. The summed E-state index contributed by atoms with van der Waals surface area (Å²) in [4.78, 5) is 11.7. The Kier molecular flexibility index (Phi) is 5.38. The molecule has 3 N–H and O–H groups in total. The van der Waals surface area contributed by atoms with E-state index in [0.29, 0.717) is 0 Å². The molecule has 0 unspecified atom stereocenters. The van der Waals surface area contributed by atoms with Gasteiger partial charge in [-0.1, -0.05) is 0 Å². The van der Waals surface area contributed by atoms with Crippen molar-refractivity contribution in [1.29, 1.82) is 0 Å². The van der Waals surface area contributed by atoms with Gasteiger partial charge in [-0.2, -0.15) is 13.2 Å². The van der Waals surface area contributed by atoms with Crippen molar-refractivity contribution in [2.45, 2.75) is 37.6 Å². The molecule has 0 bridgehead atoms. The lowest BCUT2D eigenvalue weighted by Gasteiger charge is -2.28. The molecule has 2 heterocycles. The molecule has 1 aliphatic heterocycles. The molecule has 7 nitrogen and oxygen atoms in total. The van der Waals surface area contributed by atoms with Crippen molar-refractivity contribution in [3.63, 3.8) is 0 Å². The fourth-order valence-corrected chi connectivity index (χ4v) is 4.24. The predicted octanol–water partition coefficient (Wildman–Crippen LogP) is 1.21. The number of aliphatic hydroxyl groups is 1. The van der Waals surface area contributed by atoms with Gasteiger partial charge in [0.05, 0.1) is 11.5 Å². The highest BCUT2D eigenvalue weighted by molar-refractivity contribution is 7.91. The van der Waals surface area contributed by atoms with Gasteiger partial charge in [0.2, 0.25) is 5.60 Å². The van der Waals surface area contributed by atoms with E-state index >= 15 is 0 Å². The number of halogens is 3. The summed E-state index contributed by atoms with van der Waals surface area (Å²) >= 11 is 0. The van der Waals surface area contributed by atoms with Crippen LogP contribution in [0.4, 0.5) is 18.0 Å². The van der Waals surface area contributed by atoms with Gasteiger partial charge in [-0.3, -0.25) is 0 Å². The molecule has 0 aliphatic carbocycles. The third kappa shape index (κ3) is 4.66. The lowest BCUT2D eigenvalue weighted by atomic mass is 9.96. The highest BCUT2D eigenvalue weighted by Gasteiger charge is 2.56. The lowest BCUT2D eigenvalue weighted by Crippen LogP contribution is -2.47. The zero-order valence-corrected chi connectivity index (χ0v) is 14.2. The average molecular weight is 384 g/mol. The van der Waals surface area contributed by atoms with E-state index in [0.717, 1.165) is 6.07 Å². The summed E-state index contributed by atoms with van der Waals surface area (Å²) < 4.78 is 67.2. The Morgan fingerprint density at radius 2 is 2.08 bits per heavy atom. The number of urea groups is 1. The molecule has 0 aromatic carbocycles. The largest absolute Gasteiger partial charge is 0.463 e. The summed E-state index contributed by atoms with van der Waals surface area (Å²) in [5, 5.41) is 14.6. The first kappa shape index (κ1) is 19.6. The number of furan rings is 1. The molecular formula is C14H19F3N2O5S. The van der Waals surface area contributed by atoms with E-state index in [1.54, 1.807) is 0 Å². The van der Waals surface area contributed by atoms with Crippen LogP contribution in [0, 0.1) is 6.92 Å². The van der Waals surface area contributed by atoms with Crippen LogP contribution in [0.3, 0.4) is 0 Å². The first-order valence-corrected chi connectivity index (χ1v) is 9.36. The second-order valence-corrected chi connectivity index (χ2v) is 8.25. The summed E-state index contributed by atoms with van der Waals surface area (Å²) in [6.07, 6.45) is -5.58. The van der Waals surface area contributed by atoms with Gasteiger partial charge in [0.15, 0.2) is 9.84 Å². The van der Waals surface area contributed by atoms with Crippen LogP contribution in [0.1, 0.15) is 24.4 Å². The minimum atomic E-state index is -4.99. The van der Waals surface area contributed by atoms with Crippen molar-refractivity contribution in [2.24, 2.45) is 0 Å². The Balaban J connectivity index is 1.92. The monoisotopic (exact) mass is 384 g/mol. The van der Waals surface area contributed by atoms with E-state index in [9.17, 15) is 31.5 Å². The number of carbonyl (C=O) groups excluding carboxylic acids is 1. The number of alkyl halides is 3. The number of rotatable bonds is 5. The second kappa shape index (κ2) is 6.87. The third-order valence-electron chi connectivity index (χ3n) is 3.96. The SMILES string of the molecule is Cc1ccc([C@@](O)(CCNC(=O)N[C@H]2CCS(=O)(=O)C2)C(F)(F)F)o1. The molecule has 0 saturated carbocycles. The lowest BCUT2D eigenvalue weighted by molar-refractivity contribution is -0.274. The van der Waals surface area contributed by atoms with E-state index in [2.05, 4.69) is 10.6 Å². The second-order valence-electron chi connectivity index (χ2n) is 6.02. The molecule has 25 heavy (non-hydrogen) atoms. The molecule has 2 atom stereocenters. The molecule has 1 fully saturated rings. The van der Waals surface area contributed by atoms with Gasteiger partial charge < -0.3 is 20.2 Å². The third-order valence-corrected chi connectivity index (χ3v) is 5.72. The molecule has 2 rings (SSSR count). The highest BCUT2D eigenvalue weighted by Crippen LogP contribution is 2.41. The van der Waals surface area contributed by atoms with Gasteiger partial charge in [0.1, 0.15) is 11.5 Å². The van der Waals surface area contributed by atoms with Gasteiger partial charge in [-0.15, -0.1) is 0 Å². The maximum Gasteiger partial charge on any atom is 0.424 e. The van der Waals surface area contributed by atoms with E-state index < -0.39 is 52.4 Å². The minimum Gasteiger partial charge on any atom is -0.463 e. The van der Waals surface area contributed by atoms with E-state index in [1.807, 2.05) is 0 Å². The van der Waals surface area contributed by atoms with Gasteiger partial charge >= 0.3 is 12.2 Å². The van der Waals surface area contributed by atoms with Crippen LogP contribution in [-0.2, 0) is 15.4 Å². The Bertz CT molecular complexity index is 731. The van der Waals surface area contributed by atoms with Gasteiger partial charge in [0, 0.05) is 19.0 Å². The number of carbonyl (C=O) groups is 1. The fraction of sp³-hybridized carbons (Fsp3) is 0.643. The number of hydrogen-bond donors (Lipinski definition) is 3. The summed E-state index contributed by atoms with van der Waals surface area (Å²) in [5.41, 5.74) is -3.23. The van der Waals surface area contributed by atoms with Crippen molar-refractivity contribution in [3.05, 3.63) is 23.7 Å². The Hall–Kier alpha value is -1.75. The van der Waals surface area contributed by atoms with Crippen molar-refractivity contribution >= 4 is 15.9 Å². The molecular weight excluding hydrogens is 365 g/mol. The predicted molar refractivity (Wildman–Crippen MR) is 81.6 cm³/mol. The normalized spacial score (nSPS) is 22.4. The Morgan fingerprint density at radius 3 is 2.56 bits per heavy atom. The maximum atomic E-state index is 13.2. The van der Waals surface area contributed by atoms with Crippen LogP contribution in [0.2, 0.25) is 0 Å². The van der Waals surface area contributed by atoms with Crippen LogP contribution in [0.15, 0.2) is 16.5 Å². The topological polar surface area (TPSA) is 109 Å². The Morgan fingerprint density at radius 1 is 1.40 bits per heavy atom. The van der Waals surface area contributed by atoms with Crippen molar-refractivity contribution in [1.82, 2.24) is 10.6 Å². The first-order chi connectivity index (χ1) is 11.4. The zero-order valence-electron chi connectivity index (χ0n) is 13.4. The van der Waals surface area contributed by atoms with Crippen LogP contribution in [-0.4, -0.2) is 49.8 Å². The standard InChI is InChI=1S/C14H19F3N2O5S/c1-9-2-3-11(24-9)13(21,14(15,16)17)5-6-18-12(20)19-10-4-7-25(22,23)8-10/h2-3,10,21H,4-8H2,1H3,(H2,18,19,20)/t10-,13-/m0/s1. The molecule has 1 aliphatic rings. The van der Waals surface area contributed by atoms with Gasteiger partial charge in [-0.05, 0) is 25.5 Å². The molecule has 1 saturated heterocycles. The van der Waals surface area contributed by atoms with Gasteiger partial charge in [-0.25, -0.2) is 13.2 Å². The molecule has 0 radical (unpaired) electrons. The van der Waals surface area contributed by atoms with Gasteiger partial charge in [0.25, 0.3) is 0 Å². The average Bonchev–Trinajstić information content (AvgIpc) is 3.03. The molecule has 142 valence electrons. The summed E-state index contributed by atoms with van der Waals surface area (Å²) in [7, 11) is -3.18. The van der Waals surface area contributed by atoms with Crippen LogP contribution < -0.4 is 10.6 Å².